The zero-order valence-corrected chi connectivity index (χ0v) is 11.0. The number of halogens is 1. The van der Waals surface area contributed by atoms with E-state index in [-0.39, 0.29) is 11.6 Å². The van der Waals surface area contributed by atoms with Crippen molar-refractivity contribution in [2.24, 2.45) is 11.5 Å². The molecule has 1 aliphatic heterocycles. The summed E-state index contributed by atoms with van der Waals surface area (Å²) in [5.74, 6) is -1.33. The Balaban J connectivity index is 2.40. The largest absolute Gasteiger partial charge is 0.365 e. The Morgan fingerprint density at radius 2 is 2.21 bits per heavy atom. The Morgan fingerprint density at radius 3 is 2.84 bits per heavy atom. The van der Waals surface area contributed by atoms with Crippen LogP contribution in [0.15, 0.2) is 18.2 Å². The molecule has 0 bridgehead atoms. The standard InChI is InChI=1S/C13H19FN4O/c1-17-5-6-18(9(7-15)8-17)11-4-2-3-10(14)12(11)13(16)19/h2-4,9H,5-8,15H2,1H3,(H2,16,19). The van der Waals surface area contributed by atoms with Gasteiger partial charge in [-0.25, -0.2) is 4.39 Å². The average molecular weight is 266 g/mol. The topological polar surface area (TPSA) is 75.6 Å². The van der Waals surface area contributed by atoms with Gasteiger partial charge in [0.25, 0.3) is 5.91 Å². The second-order valence-electron chi connectivity index (χ2n) is 4.84. The van der Waals surface area contributed by atoms with Crippen molar-refractivity contribution in [1.82, 2.24) is 4.90 Å². The number of hydrogen-bond donors (Lipinski definition) is 2. The molecule has 104 valence electrons. The molecule has 1 amide bonds. The summed E-state index contributed by atoms with van der Waals surface area (Å²) in [6.07, 6.45) is 0. The molecule has 4 N–H and O–H groups in total. The SMILES string of the molecule is CN1CCN(c2cccc(F)c2C(N)=O)C(CN)C1. The summed E-state index contributed by atoms with van der Waals surface area (Å²) in [6, 6.07) is 4.61. The number of piperazine rings is 1. The van der Waals surface area contributed by atoms with Crippen LogP contribution in [0.1, 0.15) is 10.4 Å². The highest BCUT2D eigenvalue weighted by Crippen LogP contribution is 2.26. The van der Waals surface area contributed by atoms with E-state index in [0.717, 1.165) is 13.1 Å². The fourth-order valence-electron chi connectivity index (χ4n) is 2.53. The zero-order valence-electron chi connectivity index (χ0n) is 11.0. The molecule has 1 aliphatic rings. The Bertz CT molecular complexity index is 480. The summed E-state index contributed by atoms with van der Waals surface area (Å²) in [5, 5.41) is 0. The van der Waals surface area contributed by atoms with Gasteiger partial charge >= 0.3 is 0 Å². The predicted molar refractivity (Wildman–Crippen MR) is 72.6 cm³/mol. The van der Waals surface area contributed by atoms with Crippen LogP contribution in [0.4, 0.5) is 10.1 Å². The van der Waals surface area contributed by atoms with Crippen LogP contribution in [0, 0.1) is 5.82 Å². The molecule has 0 aromatic heterocycles. The van der Waals surface area contributed by atoms with Crippen molar-refractivity contribution in [3.8, 4) is 0 Å². The Hall–Kier alpha value is -1.66. The molecule has 1 aromatic rings. The van der Waals surface area contributed by atoms with Gasteiger partial charge in [0.2, 0.25) is 0 Å². The zero-order chi connectivity index (χ0) is 14.0. The minimum Gasteiger partial charge on any atom is -0.365 e. The monoisotopic (exact) mass is 266 g/mol. The number of carbonyl (C=O) groups is 1. The maximum Gasteiger partial charge on any atom is 0.253 e. The second-order valence-corrected chi connectivity index (χ2v) is 4.84. The van der Waals surface area contributed by atoms with E-state index in [2.05, 4.69) is 4.90 Å². The smallest absolute Gasteiger partial charge is 0.253 e. The molecule has 0 spiro atoms. The molecule has 19 heavy (non-hydrogen) atoms. The lowest BCUT2D eigenvalue weighted by Crippen LogP contribution is -2.55. The molecule has 5 nitrogen and oxygen atoms in total. The van der Waals surface area contributed by atoms with Gasteiger partial charge in [-0.1, -0.05) is 6.07 Å². The fourth-order valence-corrected chi connectivity index (χ4v) is 2.53. The number of nitrogens with zero attached hydrogens (tertiary/aromatic N) is 2. The molecule has 0 aliphatic carbocycles. The molecule has 1 atom stereocenters. The van der Waals surface area contributed by atoms with Crippen molar-refractivity contribution in [2.75, 3.05) is 38.1 Å². The van der Waals surface area contributed by atoms with Crippen molar-refractivity contribution in [2.45, 2.75) is 6.04 Å². The number of anilines is 1. The minimum absolute atomic E-state index is 0.0505. The number of amides is 1. The van der Waals surface area contributed by atoms with Gasteiger partial charge in [-0.05, 0) is 19.2 Å². The van der Waals surface area contributed by atoms with Crippen LogP contribution in [0.2, 0.25) is 0 Å². The maximum atomic E-state index is 13.8. The maximum absolute atomic E-state index is 13.8. The first kappa shape index (κ1) is 13.8. The number of primary amides is 1. The summed E-state index contributed by atoms with van der Waals surface area (Å²) in [4.78, 5) is 15.6. The van der Waals surface area contributed by atoms with E-state index in [0.29, 0.717) is 18.8 Å². The van der Waals surface area contributed by atoms with E-state index in [1.165, 1.54) is 6.07 Å². The van der Waals surface area contributed by atoms with E-state index in [1.807, 2.05) is 11.9 Å². The Kier molecular flexibility index (Phi) is 4.01. The molecule has 1 unspecified atom stereocenters. The first-order valence-corrected chi connectivity index (χ1v) is 6.28. The third kappa shape index (κ3) is 2.69. The number of hydrogen-bond acceptors (Lipinski definition) is 4. The first-order chi connectivity index (χ1) is 9.04. The van der Waals surface area contributed by atoms with Gasteiger partial charge in [0.15, 0.2) is 0 Å². The van der Waals surface area contributed by atoms with Crippen molar-refractivity contribution in [3.63, 3.8) is 0 Å². The van der Waals surface area contributed by atoms with Crippen molar-refractivity contribution >= 4 is 11.6 Å². The molecule has 0 saturated carbocycles. The van der Waals surface area contributed by atoms with Crippen LogP contribution in [0.5, 0.6) is 0 Å². The number of carbonyl (C=O) groups excluding carboxylic acids is 1. The summed E-state index contributed by atoms with van der Waals surface area (Å²) >= 11 is 0. The number of nitrogens with two attached hydrogens (primary N) is 2. The van der Waals surface area contributed by atoms with Gasteiger partial charge < -0.3 is 21.3 Å². The molecule has 1 saturated heterocycles. The lowest BCUT2D eigenvalue weighted by atomic mass is 10.1. The highest BCUT2D eigenvalue weighted by molar-refractivity contribution is 5.99. The normalized spacial score (nSPS) is 20.6. The fraction of sp³-hybridized carbons (Fsp3) is 0.462. The van der Waals surface area contributed by atoms with Gasteiger partial charge in [0.05, 0.1) is 17.3 Å². The number of rotatable bonds is 3. The van der Waals surface area contributed by atoms with E-state index in [9.17, 15) is 9.18 Å². The summed E-state index contributed by atoms with van der Waals surface area (Å²) in [6.45, 7) is 2.76. The van der Waals surface area contributed by atoms with Crippen LogP contribution < -0.4 is 16.4 Å². The van der Waals surface area contributed by atoms with Gasteiger partial charge in [-0.3, -0.25) is 4.79 Å². The van der Waals surface area contributed by atoms with Crippen molar-refractivity contribution < 1.29 is 9.18 Å². The lowest BCUT2D eigenvalue weighted by molar-refractivity contribution is 0.0996. The predicted octanol–water partition coefficient (Wildman–Crippen LogP) is 0.00370. The van der Waals surface area contributed by atoms with Gasteiger partial charge in [0.1, 0.15) is 5.82 Å². The van der Waals surface area contributed by atoms with Crippen LogP contribution in [0.3, 0.4) is 0 Å². The molecule has 1 heterocycles. The van der Waals surface area contributed by atoms with Crippen LogP contribution >= 0.6 is 0 Å². The first-order valence-electron chi connectivity index (χ1n) is 6.28. The number of likely N-dealkylation sites (N-methyl/N-ethyl adjacent to an activating group) is 1. The second kappa shape index (κ2) is 5.54. The molecule has 2 rings (SSSR count). The van der Waals surface area contributed by atoms with Gasteiger partial charge in [-0.2, -0.15) is 0 Å². The van der Waals surface area contributed by atoms with Crippen LogP contribution in [0.25, 0.3) is 0 Å². The number of benzene rings is 1. The third-order valence-electron chi connectivity index (χ3n) is 3.51. The van der Waals surface area contributed by atoms with Gasteiger partial charge in [0, 0.05) is 26.2 Å². The van der Waals surface area contributed by atoms with Crippen LogP contribution in [-0.2, 0) is 0 Å². The van der Waals surface area contributed by atoms with E-state index >= 15 is 0 Å². The van der Waals surface area contributed by atoms with Crippen LogP contribution in [-0.4, -0.2) is 50.1 Å². The average Bonchev–Trinajstić information content (AvgIpc) is 2.37. The van der Waals surface area contributed by atoms with E-state index < -0.39 is 11.7 Å². The van der Waals surface area contributed by atoms with E-state index in [1.54, 1.807) is 12.1 Å². The molecule has 0 radical (unpaired) electrons. The highest BCUT2D eigenvalue weighted by atomic mass is 19.1. The lowest BCUT2D eigenvalue weighted by Gasteiger charge is -2.41. The van der Waals surface area contributed by atoms with Gasteiger partial charge in [-0.15, -0.1) is 0 Å². The summed E-state index contributed by atoms with van der Waals surface area (Å²) < 4.78 is 13.8. The third-order valence-corrected chi connectivity index (χ3v) is 3.51. The Labute approximate surface area is 112 Å². The summed E-state index contributed by atoms with van der Waals surface area (Å²) in [5.41, 5.74) is 11.6. The highest BCUT2D eigenvalue weighted by Gasteiger charge is 2.28. The summed E-state index contributed by atoms with van der Waals surface area (Å²) in [7, 11) is 2.01. The molecular weight excluding hydrogens is 247 g/mol. The van der Waals surface area contributed by atoms with E-state index in [4.69, 9.17) is 11.5 Å². The molecule has 1 fully saturated rings. The Morgan fingerprint density at radius 1 is 1.47 bits per heavy atom. The van der Waals surface area contributed by atoms with Crippen molar-refractivity contribution in [1.29, 1.82) is 0 Å². The quantitative estimate of drug-likeness (QED) is 0.807. The minimum atomic E-state index is -0.747. The molecule has 1 aromatic carbocycles. The molecular formula is C13H19FN4O. The van der Waals surface area contributed by atoms with Crippen molar-refractivity contribution in [3.05, 3.63) is 29.6 Å². The molecule has 6 heteroatoms.